The van der Waals surface area contributed by atoms with Gasteiger partial charge in [0.15, 0.2) is 0 Å². The largest absolute Gasteiger partial charge is 0.459 e. The van der Waals surface area contributed by atoms with Crippen LogP contribution in [0.3, 0.4) is 0 Å². The third-order valence-electron chi connectivity index (χ3n) is 2.08. The fourth-order valence-electron chi connectivity index (χ4n) is 1.36. The molecule has 74 valence electrons. The molecule has 0 saturated carbocycles. The summed E-state index contributed by atoms with van der Waals surface area (Å²) in [6, 6.07) is 7.64. The fourth-order valence-corrected chi connectivity index (χ4v) is 1.36. The molecule has 0 aliphatic heterocycles. The molecule has 1 N–H and O–H groups in total. The van der Waals surface area contributed by atoms with Crippen molar-refractivity contribution >= 4 is 16.9 Å². The highest BCUT2D eigenvalue weighted by Crippen LogP contribution is 2.15. The maximum Gasteiger partial charge on any atom is 0.384 e. The number of hydrogen-bond acceptors (Lipinski definition) is 2. The average molecular weight is 199 g/mol. The van der Waals surface area contributed by atoms with Gasteiger partial charge in [-0.05, 0) is 18.2 Å². The molecule has 0 aliphatic carbocycles. The number of fused-ring (bicyclic) bond motifs is 1. The van der Waals surface area contributed by atoms with E-state index >= 15 is 0 Å². The normalized spacial score (nSPS) is 9.40. The van der Waals surface area contributed by atoms with Crippen molar-refractivity contribution in [2.24, 2.45) is 0 Å². The molecular weight excluding hydrogens is 190 g/mol. The van der Waals surface area contributed by atoms with Crippen LogP contribution in [0.1, 0.15) is 5.56 Å². The molecule has 0 amide bonds. The van der Waals surface area contributed by atoms with Crippen molar-refractivity contribution in [1.82, 2.24) is 4.98 Å². The summed E-state index contributed by atoms with van der Waals surface area (Å²) >= 11 is 0. The SMILES string of the molecule is COC(=O)C#Cc1cccc2[nH]ccc12. The van der Waals surface area contributed by atoms with Gasteiger partial charge in [-0.1, -0.05) is 12.0 Å². The van der Waals surface area contributed by atoms with E-state index in [2.05, 4.69) is 21.6 Å². The minimum atomic E-state index is -0.525. The van der Waals surface area contributed by atoms with E-state index in [0.717, 1.165) is 16.5 Å². The van der Waals surface area contributed by atoms with E-state index < -0.39 is 5.97 Å². The second kappa shape index (κ2) is 3.89. The van der Waals surface area contributed by atoms with Gasteiger partial charge in [0.1, 0.15) is 0 Å². The summed E-state index contributed by atoms with van der Waals surface area (Å²) in [4.78, 5) is 13.9. The molecule has 15 heavy (non-hydrogen) atoms. The number of H-pyrrole nitrogens is 1. The molecule has 2 aromatic rings. The van der Waals surface area contributed by atoms with Crippen molar-refractivity contribution in [1.29, 1.82) is 0 Å². The van der Waals surface area contributed by atoms with E-state index in [9.17, 15) is 4.79 Å². The van der Waals surface area contributed by atoms with Gasteiger partial charge in [0.2, 0.25) is 0 Å². The van der Waals surface area contributed by atoms with E-state index in [1.165, 1.54) is 7.11 Å². The van der Waals surface area contributed by atoms with Gasteiger partial charge in [-0.3, -0.25) is 0 Å². The Hall–Kier alpha value is -2.21. The van der Waals surface area contributed by atoms with Crippen molar-refractivity contribution in [2.75, 3.05) is 7.11 Å². The predicted octanol–water partition coefficient (Wildman–Crippen LogP) is 1.69. The van der Waals surface area contributed by atoms with Crippen LogP contribution in [0.15, 0.2) is 30.5 Å². The highest BCUT2D eigenvalue weighted by molar-refractivity contribution is 5.92. The van der Waals surface area contributed by atoms with Crippen LogP contribution in [0.2, 0.25) is 0 Å². The first-order chi connectivity index (χ1) is 7.31. The summed E-state index contributed by atoms with van der Waals surface area (Å²) in [7, 11) is 1.31. The Morgan fingerprint density at radius 1 is 1.40 bits per heavy atom. The predicted molar refractivity (Wildman–Crippen MR) is 57.2 cm³/mol. The fraction of sp³-hybridized carbons (Fsp3) is 0.0833. The molecular formula is C12H9NO2. The summed E-state index contributed by atoms with van der Waals surface area (Å²) in [5, 5.41) is 1.01. The second-order valence-corrected chi connectivity index (χ2v) is 2.99. The molecule has 0 radical (unpaired) electrons. The first-order valence-corrected chi connectivity index (χ1v) is 4.47. The van der Waals surface area contributed by atoms with Gasteiger partial charge >= 0.3 is 5.97 Å². The average Bonchev–Trinajstić information content (AvgIpc) is 2.74. The van der Waals surface area contributed by atoms with Gasteiger partial charge in [0, 0.05) is 28.6 Å². The van der Waals surface area contributed by atoms with Crippen molar-refractivity contribution in [2.45, 2.75) is 0 Å². The molecule has 0 bridgehead atoms. The number of benzene rings is 1. The summed E-state index contributed by atoms with van der Waals surface area (Å²) in [6.45, 7) is 0. The topological polar surface area (TPSA) is 42.1 Å². The lowest BCUT2D eigenvalue weighted by molar-refractivity contribution is -0.133. The van der Waals surface area contributed by atoms with Gasteiger partial charge in [-0.2, -0.15) is 0 Å². The van der Waals surface area contributed by atoms with E-state index in [1.807, 2.05) is 30.5 Å². The standard InChI is InChI=1S/C12H9NO2/c1-15-12(14)6-5-9-3-2-4-11-10(9)7-8-13-11/h2-4,7-8,13H,1H3. The van der Waals surface area contributed by atoms with Crippen molar-refractivity contribution in [3.05, 3.63) is 36.0 Å². The number of methoxy groups -OCH3 is 1. The van der Waals surface area contributed by atoms with E-state index in [0.29, 0.717) is 0 Å². The maximum atomic E-state index is 10.9. The van der Waals surface area contributed by atoms with Gasteiger partial charge < -0.3 is 9.72 Å². The lowest BCUT2D eigenvalue weighted by Gasteiger charge is -1.92. The molecule has 1 aromatic carbocycles. The lowest BCUT2D eigenvalue weighted by atomic mass is 10.1. The minimum Gasteiger partial charge on any atom is -0.459 e. The molecule has 3 nitrogen and oxygen atoms in total. The number of aromatic nitrogens is 1. The van der Waals surface area contributed by atoms with Crippen molar-refractivity contribution < 1.29 is 9.53 Å². The number of nitrogens with one attached hydrogen (secondary N) is 1. The van der Waals surface area contributed by atoms with Crippen molar-refractivity contribution in [3.63, 3.8) is 0 Å². The molecule has 0 saturated heterocycles. The van der Waals surface area contributed by atoms with Crippen LogP contribution < -0.4 is 0 Å². The quantitative estimate of drug-likeness (QED) is 0.518. The van der Waals surface area contributed by atoms with Crippen LogP contribution in [0.5, 0.6) is 0 Å². The Balaban J connectivity index is 2.46. The van der Waals surface area contributed by atoms with E-state index in [4.69, 9.17) is 0 Å². The van der Waals surface area contributed by atoms with Gasteiger partial charge in [-0.25, -0.2) is 4.79 Å². The molecule has 3 heteroatoms. The zero-order valence-corrected chi connectivity index (χ0v) is 8.20. The zero-order valence-electron chi connectivity index (χ0n) is 8.20. The Bertz CT molecular complexity index is 557. The van der Waals surface area contributed by atoms with Crippen LogP contribution in [0.4, 0.5) is 0 Å². The number of carbonyl (C=O) groups is 1. The third-order valence-corrected chi connectivity index (χ3v) is 2.08. The minimum absolute atomic E-state index is 0.525. The third kappa shape index (κ3) is 1.84. The first-order valence-electron chi connectivity index (χ1n) is 4.47. The second-order valence-electron chi connectivity index (χ2n) is 2.99. The summed E-state index contributed by atoms with van der Waals surface area (Å²) in [5.41, 5.74) is 1.82. The Kier molecular flexibility index (Phi) is 2.42. The van der Waals surface area contributed by atoms with Gasteiger partial charge in [-0.15, -0.1) is 0 Å². The summed E-state index contributed by atoms with van der Waals surface area (Å²) < 4.78 is 4.45. The molecule has 0 spiro atoms. The molecule has 0 unspecified atom stereocenters. The summed E-state index contributed by atoms with van der Waals surface area (Å²) in [6.07, 6.45) is 1.84. The molecule has 0 atom stereocenters. The Morgan fingerprint density at radius 3 is 3.07 bits per heavy atom. The van der Waals surface area contributed by atoms with Crippen LogP contribution in [-0.4, -0.2) is 18.1 Å². The number of aromatic amines is 1. The van der Waals surface area contributed by atoms with Crippen LogP contribution in [0.25, 0.3) is 10.9 Å². The number of carbonyl (C=O) groups excluding carboxylic acids is 1. The van der Waals surface area contributed by atoms with Gasteiger partial charge in [0.25, 0.3) is 0 Å². The highest BCUT2D eigenvalue weighted by atomic mass is 16.5. The zero-order chi connectivity index (χ0) is 10.7. The van der Waals surface area contributed by atoms with Gasteiger partial charge in [0.05, 0.1) is 7.11 Å². The van der Waals surface area contributed by atoms with E-state index in [1.54, 1.807) is 0 Å². The highest BCUT2D eigenvalue weighted by Gasteiger charge is 1.98. The monoisotopic (exact) mass is 199 g/mol. The summed E-state index contributed by atoms with van der Waals surface area (Å²) in [5.74, 6) is 4.66. The molecule has 0 fully saturated rings. The van der Waals surface area contributed by atoms with Crippen LogP contribution in [0, 0.1) is 11.8 Å². The molecule has 1 heterocycles. The number of hydrogen-bond donors (Lipinski definition) is 1. The van der Waals surface area contributed by atoms with E-state index in [-0.39, 0.29) is 0 Å². The molecule has 0 aliphatic rings. The Morgan fingerprint density at radius 2 is 2.27 bits per heavy atom. The molecule has 1 aromatic heterocycles. The van der Waals surface area contributed by atoms with Crippen molar-refractivity contribution in [3.8, 4) is 11.8 Å². The number of rotatable bonds is 0. The Labute approximate surface area is 87.1 Å². The first kappa shape index (κ1) is 9.35. The van der Waals surface area contributed by atoms with Crippen LogP contribution in [-0.2, 0) is 9.53 Å². The lowest BCUT2D eigenvalue weighted by Crippen LogP contribution is -1.94. The number of esters is 1. The maximum absolute atomic E-state index is 10.9. The van der Waals surface area contributed by atoms with Crippen LogP contribution >= 0.6 is 0 Å². The smallest absolute Gasteiger partial charge is 0.384 e. The molecule has 2 rings (SSSR count). The number of ether oxygens (including phenoxy) is 1.